The van der Waals surface area contributed by atoms with Crippen LogP contribution in [0.25, 0.3) is 0 Å². The lowest BCUT2D eigenvalue weighted by atomic mass is 9.79. The molecule has 7 nitrogen and oxygen atoms in total. The van der Waals surface area contributed by atoms with Crippen LogP contribution in [0.4, 0.5) is 11.5 Å². The largest absolute Gasteiger partial charge is 0.491 e. The fourth-order valence-electron chi connectivity index (χ4n) is 2.43. The van der Waals surface area contributed by atoms with Gasteiger partial charge < -0.3 is 26.0 Å². The molecule has 136 valence electrons. The Balaban J connectivity index is 0.000000187. The molecule has 8 heteroatoms. The van der Waals surface area contributed by atoms with Crippen LogP contribution >= 0.6 is 0 Å². The number of nitrogens with two attached hydrogens (primary N) is 1. The van der Waals surface area contributed by atoms with Crippen molar-refractivity contribution >= 4 is 30.5 Å². The highest BCUT2D eigenvalue weighted by molar-refractivity contribution is 6.61. The predicted molar refractivity (Wildman–Crippen MR) is 104 cm³/mol. The van der Waals surface area contributed by atoms with E-state index < -0.39 is 7.12 Å². The van der Waals surface area contributed by atoms with Crippen LogP contribution in [-0.4, -0.2) is 23.5 Å². The first-order valence-corrected chi connectivity index (χ1v) is 8.31. The van der Waals surface area contributed by atoms with E-state index in [9.17, 15) is 9.82 Å². The van der Waals surface area contributed by atoms with Gasteiger partial charge in [0.25, 0.3) is 0 Å². The van der Waals surface area contributed by atoms with Gasteiger partial charge in [0.1, 0.15) is 5.82 Å². The van der Waals surface area contributed by atoms with E-state index in [0.717, 1.165) is 34.7 Å². The van der Waals surface area contributed by atoms with Crippen LogP contribution in [0.15, 0.2) is 54.0 Å². The lowest BCUT2D eigenvalue weighted by molar-refractivity contribution is -0.105. The number of anilines is 2. The molecule has 0 bridgehead atoms. The van der Waals surface area contributed by atoms with Crippen molar-refractivity contribution in [1.29, 1.82) is 0 Å². The Morgan fingerprint density at radius 3 is 2.85 bits per heavy atom. The van der Waals surface area contributed by atoms with Crippen molar-refractivity contribution in [3.63, 3.8) is 0 Å². The second-order valence-electron chi connectivity index (χ2n) is 5.69. The normalized spacial score (nSPS) is 13.1. The molecule has 2 heterocycles. The number of aromatic nitrogens is 1. The maximum atomic E-state index is 10.2. The summed E-state index contributed by atoms with van der Waals surface area (Å²) in [6, 6.07) is 11.1. The first-order valence-electron chi connectivity index (χ1n) is 8.31. The Kier molecular flexibility index (Phi) is 7.19. The maximum absolute atomic E-state index is 10.2. The number of allylic oxidation sites excluding steroid dienone is 2. The molecule has 0 atom stereocenters. The average molecular weight is 354 g/mol. The average Bonchev–Trinajstić information content (AvgIpc) is 3.02. The highest BCUT2D eigenvalue weighted by atomic mass is 16.5. The zero-order valence-electron chi connectivity index (χ0n) is 14.9. The quantitative estimate of drug-likeness (QED) is 0.479. The number of benzene rings is 1. The number of nitrogens with zero attached hydrogens (tertiary/aromatic N) is 1. The van der Waals surface area contributed by atoms with Gasteiger partial charge in [0.15, 0.2) is 0 Å². The molecule has 0 spiro atoms. The molecule has 26 heavy (non-hydrogen) atoms. The summed E-state index contributed by atoms with van der Waals surface area (Å²) in [6.45, 7) is 4.37. The van der Waals surface area contributed by atoms with Crippen molar-refractivity contribution in [3.8, 4) is 0 Å². The van der Waals surface area contributed by atoms with Crippen molar-refractivity contribution in [1.82, 2.24) is 4.98 Å². The van der Waals surface area contributed by atoms with E-state index in [1.807, 2.05) is 31.2 Å². The van der Waals surface area contributed by atoms with Gasteiger partial charge in [-0.25, -0.2) is 4.98 Å². The topological polar surface area (TPSA) is 110 Å². The van der Waals surface area contributed by atoms with Crippen LogP contribution in [0.2, 0.25) is 0 Å². The summed E-state index contributed by atoms with van der Waals surface area (Å²) in [5.41, 5.74) is 9.88. The van der Waals surface area contributed by atoms with E-state index >= 15 is 0 Å². The molecule has 1 aliphatic rings. The van der Waals surface area contributed by atoms with E-state index in [-0.39, 0.29) is 0 Å². The second-order valence-corrected chi connectivity index (χ2v) is 5.69. The van der Waals surface area contributed by atoms with E-state index in [2.05, 4.69) is 22.5 Å². The zero-order chi connectivity index (χ0) is 18.9. The first-order chi connectivity index (χ1) is 12.5. The summed E-state index contributed by atoms with van der Waals surface area (Å²) in [7, 11) is -0.858. The van der Waals surface area contributed by atoms with Gasteiger partial charge >= 0.3 is 7.12 Å². The lowest BCUT2D eigenvalue weighted by Gasteiger charge is -2.09. The molecule has 1 aromatic heterocycles. The zero-order valence-corrected chi connectivity index (χ0v) is 14.9. The van der Waals surface area contributed by atoms with Crippen LogP contribution in [-0.2, 0) is 16.1 Å². The van der Waals surface area contributed by atoms with Crippen LogP contribution in [0.1, 0.15) is 25.8 Å². The number of hydrogen-bond donors (Lipinski definition) is 4. The van der Waals surface area contributed by atoms with Crippen LogP contribution in [0, 0.1) is 0 Å². The van der Waals surface area contributed by atoms with Gasteiger partial charge in [0, 0.05) is 23.3 Å². The Morgan fingerprint density at radius 1 is 1.42 bits per heavy atom. The molecule has 0 saturated heterocycles. The van der Waals surface area contributed by atoms with Gasteiger partial charge in [0.05, 0.1) is 6.61 Å². The van der Waals surface area contributed by atoms with Gasteiger partial charge in [-0.2, -0.15) is 0 Å². The fourth-order valence-corrected chi connectivity index (χ4v) is 2.43. The summed E-state index contributed by atoms with van der Waals surface area (Å²) >= 11 is 0. The highest BCUT2D eigenvalue weighted by Gasteiger charge is 2.26. The molecule has 3 rings (SSSR count). The Bertz CT molecular complexity index is 764. The van der Waals surface area contributed by atoms with Crippen molar-refractivity contribution in [2.24, 2.45) is 5.73 Å². The SMILES string of the molecule is CC/C(Nc1ccccn1)=C(\C)N.O=CNc1ccc2c(c1)B(O)OC2. The summed E-state index contributed by atoms with van der Waals surface area (Å²) in [5, 5.41) is 15.0. The smallest absolute Gasteiger partial charge is 0.423 e. The van der Waals surface area contributed by atoms with E-state index in [4.69, 9.17) is 10.4 Å². The summed E-state index contributed by atoms with van der Waals surface area (Å²) in [5.74, 6) is 0.837. The molecule has 0 radical (unpaired) electrons. The van der Waals surface area contributed by atoms with Gasteiger partial charge in [-0.15, -0.1) is 0 Å². The third-order valence-corrected chi connectivity index (χ3v) is 3.81. The van der Waals surface area contributed by atoms with Crippen LogP contribution in [0.3, 0.4) is 0 Å². The third kappa shape index (κ3) is 5.33. The molecule has 1 aromatic carbocycles. The minimum atomic E-state index is -0.858. The maximum Gasteiger partial charge on any atom is 0.491 e. The standard InChI is InChI=1S/C10H15N3.C8H8BNO3/c1-3-9(8(2)11)13-10-6-4-5-7-12-10;11-5-10-7-2-1-6-4-13-9(12)8(6)3-7/h4-7H,3,11H2,1-2H3,(H,12,13);1-3,5,12H,4H2,(H,10,11)/b9-8-;. The number of carbonyl (C=O) groups is 1. The van der Waals surface area contributed by atoms with Crippen LogP contribution in [0.5, 0.6) is 0 Å². The Hall–Kier alpha value is -2.84. The number of pyridine rings is 1. The minimum Gasteiger partial charge on any atom is -0.423 e. The molecule has 0 fully saturated rings. The van der Waals surface area contributed by atoms with Gasteiger partial charge in [0.2, 0.25) is 6.41 Å². The Labute approximate surface area is 153 Å². The second kappa shape index (κ2) is 9.60. The molecule has 1 amide bonds. The summed E-state index contributed by atoms with van der Waals surface area (Å²) in [6.07, 6.45) is 3.24. The van der Waals surface area contributed by atoms with E-state index in [0.29, 0.717) is 18.7 Å². The number of carbonyl (C=O) groups excluding carboxylic acids is 1. The van der Waals surface area contributed by atoms with E-state index in [1.165, 1.54) is 0 Å². The molecule has 0 saturated carbocycles. The predicted octanol–water partition coefficient (Wildman–Crippen LogP) is 1.57. The molecule has 1 aliphatic heterocycles. The third-order valence-electron chi connectivity index (χ3n) is 3.81. The fraction of sp³-hybridized carbons (Fsp3) is 0.222. The van der Waals surface area contributed by atoms with Crippen molar-refractivity contribution in [3.05, 3.63) is 59.6 Å². The molecule has 2 aromatic rings. The monoisotopic (exact) mass is 354 g/mol. The van der Waals surface area contributed by atoms with Crippen molar-refractivity contribution < 1.29 is 14.5 Å². The first kappa shape index (κ1) is 19.5. The number of nitrogens with one attached hydrogen (secondary N) is 2. The number of hydrogen-bond acceptors (Lipinski definition) is 6. The summed E-state index contributed by atoms with van der Waals surface area (Å²) < 4.78 is 5.00. The van der Waals surface area contributed by atoms with Crippen molar-refractivity contribution in [2.45, 2.75) is 26.9 Å². The molecule has 5 N–H and O–H groups in total. The molecular formula is C18H23BN4O3. The summed E-state index contributed by atoms with van der Waals surface area (Å²) in [4.78, 5) is 14.3. The van der Waals surface area contributed by atoms with Gasteiger partial charge in [-0.05, 0) is 48.6 Å². The van der Waals surface area contributed by atoms with Crippen molar-refractivity contribution in [2.75, 3.05) is 10.6 Å². The number of amides is 1. The van der Waals surface area contributed by atoms with Crippen LogP contribution < -0.4 is 21.8 Å². The van der Waals surface area contributed by atoms with E-state index in [1.54, 1.807) is 18.3 Å². The highest BCUT2D eigenvalue weighted by Crippen LogP contribution is 2.13. The number of rotatable bonds is 5. The molecule has 0 unspecified atom stereocenters. The number of fused-ring (bicyclic) bond motifs is 1. The molecule has 0 aliphatic carbocycles. The van der Waals surface area contributed by atoms with Gasteiger partial charge in [-0.3, -0.25) is 4.79 Å². The lowest BCUT2D eigenvalue weighted by Crippen LogP contribution is -2.28. The molecular weight excluding hydrogens is 331 g/mol. The minimum absolute atomic E-state index is 0.428. The van der Waals surface area contributed by atoms with Gasteiger partial charge in [-0.1, -0.05) is 19.1 Å². The Morgan fingerprint density at radius 2 is 2.23 bits per heavy atom.